The van der Waals surface area contributed by atoms with Gasteiger partial charge in [-0.3, -0.25) is 0 Å². The normalized spacial score (nSPS) is 13.4. The third kappa shape index (κ3) is 3.72. The first-order valence-electron chi connectivity index (χ1n) is 11.0. The van der Waals surface area contributed by atoms with Crippen LogP contribution in [0.1, 0.15) is 53.5 Å². The molecule has 0 amide bonds. The van der Waals surface area contributed by atoms with Gasteiger partial charge in [-0.2, -0.15) is 0 Å². The molecule has 2 aromatic heterocycles. The first-order chi connectivity index (χ1) is 15.5. The summed E-state index contributed by atoms with van der Waals surface area (Å²) < 4.78 is 16.3. The van der Waals surface area contributed by atoms with Crippen molar-refractivity contribution in [1.29, 1.82) is 0 Å². The lowest BCUT2D eigenvalue weighted by Gasteiger charge is -2.19. The molecule has 0 fully saturated rings. The molecule has 3 aromatic rings. The number of methoxy groups -OCH3 is 2. The molecule has 0 saturated carbocycles. The van der Waals surface area contributed by atoms with Crippen molar-refractivity contribution in [1.82, 2.24) is 9.97 Å². The Labute approximate surface area is 187 Å². The first-order valence-corrected chi connectivity index (χ1v) is 11.0. The molecule has 2 heterocycles. The van der Waals surface area contributed by atoms with E-state index in [0.29, 0.717) is 45.0 Å². The Morgan fingerprint density at radius 3 is 2.53 bits per heavy atom. The highest BCUT2D eigenvalue weighted by Gasteiger charge is 2.26. The molecule has 1 aromatic carbocycles. The second kappa shape index (κ2) is 9.02. The van der Waals surface area contributed by atoms with E-state index in [9.17, 15) is 4.79 Å². The van der Waals surface area contributed by atoms with Gasteiger partial charge in [-0.1, -0.05) is 12.5 Å². The zero-order valence-electron chi connectivity index (χ0n) is 19.1. The fourth-order valence-corrected chi connectivity index (χ4v) is 4.52. The molecule has 0 aliphatic heterocycles. The van der Waals surface area contributed by atoms with E-state index in [-0.39, 0.29) is 6.61 Å². The summed E-state index contributed by atoms with van der Waals surface area (Å²) in [5.74, 6) is 0.728. The van der Waals surface area contributed by atoms with Gasteiger partial charge in [-0.25, -0.2) is 14.8 Å². The van der Waals surface area contributed by atoms with Crippen LogP contribution in [-0.4, -0.2) is 36.8 Å². The Morgan fingerprint density at radius 2 is 1.81 bits per heavy atom. The number of aromatic nitrogens is 2. The Bertz CT molecular complexity index is 1190. The van der Waals surface area contributed by atoms with Gasteiger partial charge in [0.25, 0.3) is 0 Å². The molecule has 168 valence electrons. The minimum atomic E-state index is -0.432. The van der Waals surface area contributed by atoms with Gasteiger partial charge in [0.15, 0.2) is 17.1 Å². The van der Waals surface area contributed by atoms with Crippen LogP contribution in [0.5, 0.6) is 11.5 Å². The number of nitrogens with two attached hydrogens (primary N) is 1. The Kier molecular flexibility index (Phi) is 6.17. The minimum Gasteiger partial charge on any atom is -0.493 e. The number of carbonyl (C=O) groups excluding carboxylic acids is 1. The van der Waals surface area contributed by atoms with Gasteiger partial charge >= 0.3 is 5.97 Å². The number of esters is 1. The van der Waals surface area contributed by atoms with Crippen molar-refractivity contribution in [3.63, 3.8) is 0 Å². The molecule has 1 aliphatic carbocycles. The largest absolute Gasteiger partial charge is 0.493 e. The Balaban J connectivity index is 2.11. The quantitative estimate of drug-likeness (QED) is 0.460. The van der Waals surface area contributed by atoms with E-state index < -0.39 is 5.97 Å². The highest BCUT2D eigenvalue weighted by molar-refractivity contribution is 6.11. The molecule has 7 nitrogen and oxygen atoms in total. The number of hydrogen-bond acceptors (Lipinski definition) is 7. The van der Waals surface area contributed by atoms with E-state index in [1.165, 1.54) is 0 Å². The van der Waals surface area contributed by atoms with Crippen LogP contribution >= 0.6 is 0 Å². The molecule has 0 saturated heterocycles. The maximum absolute atomic E-state index is 13.1. The van der Waals surface area contributed by atoms with Crippen molar-refractivity contribution in [2.24, 2.45) is 0 Å². The van der Waals surface area contributed by atoms with Crippen LogP contribution < -0.4 is 15.2 Å². The van der Waals surface area contributed by atoms with Crippen LogP contribution in [0.15, 0.2) is 18.2 Å². The van der Waals surface area contributed by atoms with Crippen molar-refractivity contribution in [3.8, 4) is 22.6 Å². The van der Waals surface area contributed by atoms with Crippen LogP contribution in [0.4, 0.5) is 5.69 Å². The number of rotatable bonds is 5. The molecular weight excluding hydrogens is 406 g/mol. The number of carbonyl (C=O) groups is 1. The smallest absolute Gasteiger partial charge is 0.340 e. The number of hydrogen-bond donors (Lipinski definition) is 1. The number of nitrogen functional groups attached to an aromatic ring is 1. The van der Waals surface area contributed by atoms with Gasteiger partial charge in [-0.05, 0) is 62.8 Å². The number of nitrogens with zero attached hydrogens (tertiary/aromatic N) is 2. The van der Waals surface area contributed by atoms with Crippen LogP contribution in [0.25, 0.3) is 22.2 Å². The van der Waals surface area contributed by atoms with Crippen molar-refractivity contribution in [2.75, 3.05) is 26.6 Å². The van der Waals surface area contributed by atoms with E-state index in [0.717, 1.165) is 48.9 Å². The lowest BCUT2D eigenvalue weighted by Crippen LogP contribution is -2.13. The summed E-state index contributed by atoms with van der Waals surface area (Å²) >= 11 is 0. The van der Waals surface area contributed by atoms with Crippen molar-refractivity contribution in [2.45, 2.75) is 46.0 Å². The molecule has 0 bridgehead atoms. The number of ether oxygens (including phenoxy) is 3. The Morgan fingerprint density at radius 1 is 1.06 bits per heavy atom. The number of aryl methyl sites for hydroxylation is 2. The molecule has 2 N–H and O–H groups in total. The second-order valence-corrected chi connectivity index (χ2v) is 7.95. The first kappa shape index (κ1) is 21.9. The fourth-order valence-electron chi connectivity index (χ4n) is 4.52. The second-order valence-electron chi connectivity index (χ2n) is 7.95. The molecule has 1 aliphatic rings. The predicted octanol–water partition coefficient (Wildman–Crippen LogP) is 4.65. The van der Waals surface area contributed by atoms with Crippen LogP contribution in [-0.2, 0) is 17.6 Å². The third-order valence-electron chi connectivity index (χ3n) is 6.03. The highest BCUT2D eigenvalue weighted by Crippen LogP contribution is 2.42. The highest BCUT2D eigenvalue weighted by atomic mass is 16.5. The van der Waals surface area contributed by atoms with E-state index in [1.54, 1.807) is 28.1 Å². The average molecular weight is 436 g/mol. The maximum Gasteiger partial charge on any atom is 0.340 e. The van der Waals surface area contributed by atoms with E-state index in [1.807, 2.05) is 18.2 Å². The zero-order valence-corrected chi connectivity index (χ0v) is 19.1. The summed E-state index contributed by atoms with van der Waals surface area (Å²) in [5, 5.41) is 0.687. The lowest BCUT2D eigenvalue weighted by molar-refractivity contribution is 0.0526. The molecule has 0 atom stereocenters. The van der Waals surface area contributed by atoms with Gasteiger partial charge in [0.05, 0.1) is 37.5 Å². The summed E-state index contributed by atoms with van der Waals surface area (Å²) in [6.07, 6.45) is 5.07. The molecule has 0 spiro atoms. The fraction of sp³-hybridized carbons (Fsp3) is 0.400. The van der Waals surface area contributed by atoms with Crippen molar-refractivity contribution < 1.29 is 19.0 Å². The third-order valence-corrected chi connectivity index (χ3v) is 6.03. The monoisotopic (exact) mass is 435 g/mol. The van der Waals surface area contributed by atoms with Gasteiger partial charge in [-0.15, -0.1) is 0 Å². The zero-order chi connectivity index (χ0) is 22.8. The summed E-state index contributed by atoms with van der Waals surface area (Å²) in [5.41, 5.74) is 12.5. The van der Waals surface area contributed by atoms with Gasteiger partial charge in [0.2, 0.25) is 0 Å². The van der Waals surface area contributed by atoms with Gasteiger partial charge < -0.3 is 19.9 Å². The molecular formula is C25H29N3O4. The van der Waals surface area contributed by atoms with Gasteiger partial charge in [0, 0.05) is 16.9 Å². The summed E-state index contributed by atoms with van der Waals surface area (Å²) in [4.78, 5) is 22.7. The molecule has 0 unspecified atom stereocenters. The molecule has 0 radical (unpaired) electrons. The van der Waals surface area contributed by atoms with Crippen LogP contribution in [0.2, 0.25) is 0 Å². The Hall–Kier alpha value is -3.35. The number of anilines is 1. The lowest BCUT2D eigenvalue weighted by atomic mass is 9.92. The molecule has 4 rings (SSSR count). The summed E-state index contributed by atoms with van der Waals surface area (Å²) in [7, 11) is 3.17. The standard InChI is InChI=1S/C25H29N3O4/c1-5-32-25(29)20-14(2)27-24-22(23(26)16-9-7-6-8-10-17(16)28-24)21(20)15-11-12-18(30-3)19(13-15)31-4/h11-13H,5-10H2,1-4H3,(H2,26,27,28). The van der Waals surface area contributed by atoms with Crippen molar-refractivity contribution >= 4 is 22.7 Å². The summed E-state index contributed by atoms with van der Waals surface area (Å²) in [6, 6.07) is 5.56. The topological polar surface area (TPSA) is 96.6 Å². The van der Waals surface area contributed by atoms with E-state index in [2.05, 4.69) is 0 Å². The molecule has 7 heteroatoms. The minimum absolute atomic E-state index is 0.263. The van der Waals surface area contributed by atoms with Crippen LogP contribution in [0, 0.1) is 6.92 Å². The predicted molar refractivity (Wildman–Crippen MR) is 124 cm³/mol. The average Bonchev–Trinajstić information content (AvgIpc) is 3.03. The molecule has 32 heavy (non-hydrogen) atoms. The van der Waals surface area contributed by atoms with Crippen LogP contribution in [0.3, 0.4) is 0 Å². The van der Waals surface area contributed by atoms with Gasteiger partial charge in [0.1, 0.15) is 0 Å². The number of benzene rings is 1. The SMILES string of the molecule is CCOC(=O)c1c(C)nc2nc3c(c(N)c2c1-c1ccc(OC)c(OC)c1)CCCCC3. The van der Waals surface area contributed by atoms with E-state index in [4.69, 9.17) is 29.9 Å². The van der Waals surface area contributed by atoms with E-state index >= 15 is 0 Å². The number of pyridine rings is 2. The summed E-state index contributed by atoms with van der Waals surface area (Å²) in [6.45, 7) is 3.85. The maximum atomic E-state index is 13.1. The van der Waals surface area contributed by atoms with Crippen molar-refractivity contribution in [3.05, 3.63) is 40.7 Å². The number of fused-ring (bicyclic) bond motifs is 2.